The van der Waals surface area contributed by atoms with E-state index in [0.29, 0.717) is 12.2 Å². The van der Waals surface area contributed by atoms with Crippen LogP contribution in [0.5, 0.6) is 5.75 Å². The molecule has 0 fully saturated rings. The number of para-hydroxylation sites is 1. The highest BCUT2D eigenvalue weighted by molar-refractivity contribution is 7.89. The molecule has 9 heteroatoms. The number of anilines is 1. The van der Waals surface area contributed by atoms with E-state index in [4.69, 9.17) is 4.74 Å². The van der Waals surface area contributed by atoms with Gasteiger partial charge in [-0.3, -0.25) is 4.79 Å². The van der Waals surface area contributed by atoms with Crippen LogP contribution in [0, 0.1) is 0 Å². The van der Waals surface area contributed by atoms with Gasteiger partial charge in [-0.25, -0.2) is 12.7 Å². The zero-order chi connectivity index (χ0) is 20.0. The van der Waals surface area contributed by atoms with Crippen LogP contribution >= 0.6 is 12.4 Å². The number of methoxy groups -OCH3 is 1. The molecule has 0 unspecified atom stereocenters. The van der Waals surface area contributed by atoms with Crippen LogP contribution in [0.25, 0.3) is 0 Å². The number of halogens is 1. The minimum Gasteiger partial charge on any atom is -0.495 e. The maximum atomic E-state index is 12.7. The number of carbonyl (C=O) groups excluding carboxylic acids is 1. The zero-order valence-corrected chi connectivity index (χ0v) is 18.0. The average Bonchev–Trinajstić information content (AvgIpc) is 2.66. The van der Waals surface area contributed by atoms with Gasteiger partial charge in [0, 0.05) is 31.9 Å². The number of carbonyl (C=O) groups is 1. The van der Waals surface area contributed by atoms with Crippen molar-refractivity contribution < 1.29 is 17.9 Å². The fourth-order valence-corrected chi connectivity index (χ4v) is 3.54. The summed E-state index contributed by atoms with van der Waals surface area (Å²) in [6, 6.07) is 11.8. The van der Waals surface area contributed by atoms with E-state index in [1.807, 2.05) is 31.2 Å². The van der Waals surface area contributed by atoms with Gasteiger partial charge in [0.05, 0.1) is 7.11 Å². The SMILES string of the molecule is CCNCc1ccccc1NC(=O)c1ccc(OC)c(S(=O)(=O)N(C)C)c1.Cl. The standard InChI is InChI=1S/C19H25N3O4S.ClH/c1-5-20-13-15-8-6-7-9-16(15)21-19(23)14-10-11-17(26-4)18(12-14)27(24,25)22(2)3;/h6-12,20H,5,13H2,1-4H3,(H,21,23);1H. The molecule has 0 aliphatic rings. The van der Waals surface area contributed by atoms with Crippen LogP contribution in [0.15, 0.2) is 47.4 Å². The predicted molar refractivity (Wildman–Crippen MR) is 113 cm³/mol. The van der Waals surface area contributed by atoms with Gasteiger partial charge in [0.1, 0.15) is 10.6 Å². The Hall–Kier alpha value is -2.13. The zero-order valence-electron chi connectivity index (χ0n) is 16.4. The molecule has 0 atom stereocenters. The summed E-state index contributed by atoms with van der Waals surface area (Å²) in [4.78, 5) is 12.7. The van der Waals surface area contributed by atoms with Crippen molar-refractivity contribution in [3.05, 3.63) is 53.6 Å². The minimum atomic E-state index is -3.75. The van der Waals surface area contributed by atoms with Gasteiger partial charge in [0.15, 0.2) is 0 Å². The van der Waals surface area contributed by atoms with Gasteiger partial charge in [-0.15, -0.1) is 12.4 Å². The third kappa shape index (κ3) is 5.45. The minimum absolute atomic E-state index is 0. The molecule has 2 aromatic rings. The Balaban J connectivity index is 0.00000392. The Morgan fingerprint density at radius 1 is 1.14 bits per heavy atom. The van der Waals surface area contributed by atoms with Gasteiger partial charge < -0.3 is 15.4 Å². The van der Waals surface area contributed by atoms with Gasteiger partial charge in [-0.1, -0.05) is 25.1 Å². The van der Waals surface area contributed by atoms with Crippen LogP contribution in [0.4, 0.5) is 5.69 Å². The maximum absolute atomic E-state index is 12.7. The summed E-state index contributed by atoms with van der Waals surface area (Å²) in [5, 5.41) is 6.07. The predicted octanol–water partition coefficient (Wildman–Crippen LogP) is 2.73. The largest absolute Gasteiger partial charge is 0.495 e. The highest BCUT2D eigenvalue weighted by Gasteiger charge is 2.24. The molecule has 0 saturated heterocycles. The molecule has 28 heavy (non-hydrogen) atoms. The van der Waals surface area contributed by atoms with Crippen LogP contribution in [0.2, 0.25) is 0 Å². The first-order valence-electron chi connectivity index (χ1n) is 8.51. The number of sulfonamides is 1. The fraction of sp³-hybridized carbons (Fsp3) is 0.316. The van der Waals surface area contributed by atoms with E-state index >= 15 is 0 Å². The molecule has 2 N–H and O–H groups in total. The highest BCUT2D eigenvalue weighted by atomic mass is 35.5. The second-order valence-electron chi connectivity index (χ2n) is 6.04. The lowest BCUT2D eigenvalue weighted by Crippen LogP contribution is -2.23. The lowest BCUT2D eigenvalue weighted by Gasteiger charge is -2.16. The number of nitrogens with zero attached hydrogens (tertiary/aromatic N) is 1. The van der Waals surface area contributed by atoms with E-state index in [9.17, 15) is 13.2 Å². The van der Waals surface area contributed by atoms with Crippen molar-refractivity contribution in [2.75, 3.05) is 33.1 Å². The molecule has 0 bridgehead atoms. The van der Waals surface area contributed by atoms with E-state index in [0.717, 1.165) is 16.4 Å². The molecule has 0 saturated carbocycles. The smallest absolute Gasteiger partial charge is 0.255 e. The Bertz CT molecular complexity index is 917. The monoisotopic (exact) mass is 427 g/mol. The Labute approximate surface area is 172 Å². The number of hydrogen-bond acceptors (Lipinski definition) is 5. The molecule has 2 aromatic carbocycles. The Morgan fingerprint density at radius 2 is 1.82 bits per heavy atom. The first-order valence-corrected chi connectivity index (χ1v) is 9.95. The Morgan fingerprint density at radius 3 is 2.43 bits per heavy atom. The van der Waals surface area contributed by atoms with Crippen LogP contribution < -0.4 is 15.4 Å². The van der Waals surface area contributed by atoms with Crippen molar-refractivity contribution in [2.45, 2.75) is 18.4 Å². The first kappa shape index (κ1) is 23.9. The number of amides is 1. The van der Waals surface area contributed by atoms with Crippen LogP contribution in [-0.2, 0) is 16.6 Å². The molecule has 0 aliphatic heterocycles. The highest BCUT2D eigenvalue weighted by Crippen LogP contribution is 2.27. The van der Waals surface area contributed by atoms with Crippen molar-refractivity contribution in [3.63, 3.8) is 0 Å². The number of rotatable bonds is 8. The normalized spacial score (nSPS) is 11.0. The third-order valence-electron chi connectivity index (χ3n) is 4.02. The van der Waals surface area contributed by atoms with E-state index in [1.165, 1.54) is 39.4 Å². The summed E-state index contributed by atoms with van der Waals surface area (Å²) in [6.45, 7) is 3.44. The van der Waals surface area contributed by atoms with E-state index in [2.05, 4.69) is 10.6 Å². The van der Waals surface area contributed by atoms with Crippen molar-refractivity contribution in [1.82, 2.24) is 9.62 Å². The van der Waals surface area contributed by atoms with E-state index < -0.39 is 15.9 Å². The lowest BCUT2D eigenvalue weighted by molar-refractivity contribution is 0.102. The molecule has 0 radical (unpaired) electrons. The van der Waals surface area contributed by atoms with Gasteiger partial charge in [0.25, 0.3) is 5.91 Å². The van der Waals surface area contributed by atoms with Crippen molar-refractivity contribution >= 4 is 34.0 Å². The summed E-state index contributed by atoms with van der Waals surface area (Å²) in [7, 11) is 0.497. The second kappa shape index (κ2) is 10.4. The van der Waals surface area contributed by atoms with E-state index in [-0.39, 0.29) is 28.6 Å². The average molecular weight is 428 g/mol. The third-order valence-corrected chi connectivity index (χ3v) is 5.85. The van der Waals surface area contributed by atoms with Crippen LogP contribution in [-0.4, -0.2) is 46.4 Å². The first-order chi connectivity index (χ1) is 12.8. The number of benzene rings is 2. The number of hydrogen-bond donors (Lipinski definition) is 2. The van der Waals surface area contributed by atoms with Gasteiger partial charge in [-0.2, -0.15) is 0 Å². The molecule has 7 nitrogen and oxygen atoms in total. The van der Waals surface area contributed by atoms with Gasteiger partial charge in [-0.05, 0) is 36.4 Å². The molecule has 154 valence electrons. The molecular formula is C19H26ClN3O4S. The van der Waals surface area contributed by atoms with Crippen LogP contribution in [0.1, 0.15) is 22.8 Å². The van der Waals surface area contributed by atoms with E-state index in [1.54, 1.807) is 0 Å². The Kier molecular flexibility index (Phi) is 8.90. The van der Waals surface area contributed by atoms with Gasteiger partial charge in [0.2, 0.25) is 10.0 Å². The molecule has 1 amide bonds. The summed E-state index contributed by atoms with van der Waals surface area (Å²) in [5.74, 6) is -0.204. The summed E-state index contributed by atoms with van der Waals surface area (Å²) in [6.07, 6.45) is 0. The number of ether oxygens (including phenoxy) is 1. The maximum Gasteiger partial charge on any atom is 0.255 e. The molecular weight excluding hydrogens is 402 g/mol. The van der Waals surface area contributed by atoms with Crippen molar-refractivity contribution in [1.29, 1.82) is 0 Å². The summed E-state index contributed by atoms with van der Waals surface area (Å²) >= 11 is 0. The molecule has 0 spiro atoms. The lowest BCUT2D eigenvalue weighted by atomic mass is 10.1. The fourth-order valence-electron chi connectivity index (χ4n) is 2.47. The van der Waals surface area contributed by atoms with Crippen molar-refractivity contribution in [2.24, 2.45) is 0 Å². The van der Waals surface area contributed by atoms with Crippen molar-refractivity contribution in [3.8, 4) is 5.75 Å². The molecule has 0 heterocycles. The topological polar surface area (TPSA) is 87.7 Å². The summed E-state index contributed by atoms with van der Waals surface area (Å²) < 4.78 is 31.3. The van der Waals surface area contributed by atoms with Crippen LogP contribution in [0.3, 0.4) is 0 Å². The molecule has 0 aromatic heterocycles. The quantitative estimate of drug-likeness (QED) is 0.676. The molecule has 0 aliphatic carbocycles. The van der Waals surface area contributed by atoms with Gasteiger partial charge >= 0.3 is 0 Å². The molecule has 2 rings (SSSR count). The summed E-state index contributed by atoms with van der Waals surface area (Å²) in [5.41, 5.74) is 1.85. The number of nitrogens with one attached hydrogen (secondary N) is 2. The second-order valence-corrected chi connectivity index (χ2v) is 8.16.